The minimum atomic E-state index is -0.427. The van der Waals surface area contributed by atoms with Gasteiger partial charge in [-0.25, -0.2) is 0 Å². The van der Waals surface area contributed by atoms with Crippen molar-refractivity contribution in [2.45, 2.75) is 27.7 Å². The lowest BCUT2D eigenvalue weighted by molar-refractivity contribution is 0.199. The minimum absolute atomic E-state index is 0.118. The van der Waals surface area contributed by atoms with E-state index in [1.54, 1.807) is 6.92 Å². The van der Waals surface area contributed by atoms with E-state index in [4.69, 9.17) is 0 Å². The van der Waals surface area contributed by atoms with Crippen LogP contribution in [0.2, 0.25) is 0 Å². The van der Waals surface area contributed by atoms with E-state index in [1.165, 1.54) is 14.7 Å². The molecule has 2 heteroatoms. The molecular weight excluding hydrogens is 288 g/mol. The quantitative estimate of drug-likeness (QED) is 0.684. The SMILES string of the molecule is CC(O)c1ccc([S+](c2ccccc2)c2ccccc2)cc1. The molecular formula is C20H19OS+. The second kappa shape index (κ2) is 6.82. The predicted octanol–water partition coefficient (Wildman–Crippen LogP) is 4.84. The van der Waals surface area contributed by atoms with E-state index in [2.05, 4.69) is 60.7 Å². The molecule has 0 aliphatic heterocycles. The molecule has 1 unspecified atom stereocenters. The average molecular weight is 307 g/mol. The molecule has 0 aliphatic carbocycles. The number of benzene rings is 3. The number of hydrogen-bond acceptors (Lipinski definition) is 1. The topological polar surface area (TPSA) is 20.2 Å². The van der Waals surface area contributed by atoms with Crippen molar-refractivity contribution in [3.63, 3.8) is 0 Å². The summed E-state index contributed by atoms with van der Waals surface area (Å²) in [5, 5.41) is 9.69. The maximum absolute atomic E-state index is 9.69. The number of aliphatic hydroxyl groups is 1. The van der Waals surface area contributed by atoms with Gasteiger partial charge in [0.1, 0.15) is 0 Å². The van der Waals surface area contributed by atoms with Crippen LogP contribution in [0.25, 0.3) is 0 Å². The lowest BCUT2D eigenvalue weighted by Gasteiger charge is -2.09. The lowest BCUT2D eigenvalue weighted by atomic mass is 10.1. The molecule has 0 radical (unpaired) electrons. The van der Waals surface area contributed by atoms with Gasteiger partial charge in [-0.2, -0.15) is 0 Å². The van der Waals surface area contributed by atoms with Crippen LogP contribution in [-0.4, -0.2) is 5.11 Å². The van der Waals surface area contributed by atoms with Crippen molar-refractivity contribution in [2.75, 3.05) is 0 Å². The Morgan fingerprint density at radius 1 is 0.636 bits per heavy atom. The van der Waals surface area contributed by atoms with Gasteiger partial charge < -0.3 is 5.11 Å². The zero-order chi connectivity index (χ0) is 15.4. The number of aliphatic hydroxyl groups excluding tert-OH is 1. The maximum atomic E-state index is 9.69. The summed E-state index contributed by atoms with van der Waals surface area (Å²) in [5.74, 6) is 0. The second-order valence-corrected chi connectivity index (χ2v) is 7.20. The highest BCUT2D eigenvalue weighted by Crippen LogP contribution is 2.31. The van der Waals surface area contributed by atoms with Gasteiger partial charge in [0.15, 0.2) is 14.7 Å². The van der Waals surface area contributed by atoms with Crippen molar-refractivity contribution in [3.8, 4) is 0 Å². The molecule has 110 valence electrons. The number of rotatable bonds is 4. The van der Waals surface area contributed by atoms with Gasteiger partial charge in [0.25, 0.3) is 0 Å². The van der Waals surface area contributed by atoms with E-state index in [1.807, 2.05) is 24.3 Å². The Kier molecular flexibility index (Phi) is 4.62. The Morgan fingerprint density at radius 2 is 1.05 bits per heavy atom. The average Bonchev–Trinajstić information content (AvgIpc) is 2.57. The van der Waals surface area contributed by atoms with Gasteiger partial charge in [-0.3, -0.25) is 0 Å². The minimum Gasteiger partial charge on any atom is -0.389 e. The first-order chi connectivity index (χ1) is 10.8. The standard InChI is InChI=1S/C20H19OS/c1-16(21)17-12-14-20(15-13-17)22(18-8-4-2-5-9-18)19-10-6-3-7-11-19/h2-16,21H,1H3/q+1. The van der Waals surface area contributed by atoms with Gasteiger partial charge in [-0.1, -0.05) is 48.5 Å². The molecule has 1 N–H and O–H groups in total. The van der Waals surface area contributed by atoms with Crippen LogP contribution in [-0.2, 0) is 10.9 Å². The smallest absolute Gasteiger partial charge is 0.166 e. The Labute approximate surface area is 134 Å². The Hall–Kier alpha value is -2.03. The summed E-state index contributed by atoms with van der Waals surface area (Å²) in [6, 6.07) is 29.5. The Balaban J connectivity index is 2.06. The van der Waals surface area contributed by atoms with Crippen LogP contribution in [0.3, 0.4) is 0 Å². The van der Waals surface area contributed by atoms with Crippen molar-refractivity contribution < 1.29 is 5.11 Å². The summed E-state index contributed by atoms with van der Waals surface area (Å²) in [7, 11) is -0.118. The molecule has 0 saturated heterocycles. The molecule has 3 rings (SSSR count). The van der Waals surface area contributed by atoms with Gasteiger partial charge in [0.05, 0.1) is 17.0 Å². The molecule has 0 bridgehead atoms. The highest BCUT2D eigenvalue weighted by molar-refractivity contribution is 7.97. The molecule has 0 amide bonds. The molecule has 22 heavy (non-hydrogen) atoms. The summed E-state index contributed by atoms with van der Waals surface area (Å²) < 4.78 is 0. The third-order valence-corrected chi connectivity index (χ3v) is 5.79. The Bertz CT molecular complexity index is 666. The first kappa shape index (κ1) is 14.9. The molecule has 3 aromatic carbocycles. The summed E-state index contributed by atoms with van der Waals surface area (Å²) in [6.07, 6.45) is -0.427. The van der Waals surface area contributed by atoms with Crippen LogP contribution in [0.4, 0.5) is 0 Å². The van der Waals surface area contributed by atoms with E-state index in [-0.39, 0.29) is 10.9 Å². The maximum Gasteiger partial charge on any atom is 0.166 e. The summed E-state index contributed by atoms with van der Waals surface area (Å²) in [4.78, 5) is 3.87. The fourth-order valence-electron chi connectivity index (χ4n) is 2.40. The van der Waals surface area contributed by atoms with Crippen molar-refractivity contribution in [3.05, 3.63) is 90.5 Å². The first-order valence-corrected chi connectivity index (χ1v) is 8.60. The predicted molar refractivity (Wildman–Crippen MR) is 92.1 cm³/mol. The zero-order valence-corrected chi connectivity index (χ0v) is 13.3. The molecule has 1 atom stereocenters. The molecule has 0 heterocycles. The second-order valence-electron chi connectivity index (χ2n) is 5.18. The summed E-state index contributed by atoms with van der Waals surface area (Å²) >= 11 is 0. The highest BCUT2D eigenvalue weighted by Gasteiger charge is 2.28. The molecule has 0 aliphatic rings. The summed E-state index contributed by atoms with van der Waals surface area (Å²) in [6.45, 7) is 1.79. The van der Waals surface area contributed by atoms with Crippen LogP contribution in [0.15, 0.2) is 99.6 Å². The molecule has 0 fully saturated rings. The zero-order valence-electron chi connectivity index (χ0n) is 12.5. The fraction of sp³-hybridized carbons (Fsp3) is 0.100. The van der Waals surface area contributed by atoms with Crippen molar-refractivity contribution in [1.29, 1.82) is 0 Å². The summed E-state index contributed by atoms with van der Waals surface area (Å²) in [5.41, 5.74) is 0.952. The largest absolute Gasteiger partial charge is 0.389 e. The molecule has 0 aromatic heterocycles. The van der Waals surface area contributed by atoms with Crippen LogP contribution >= 0.6 is 0 Å². The molecule has 3 aromatic rings. The van der Waals surface area contributed by atoms with Gasteiger partial charge in [-0.05, 0) is 48.9 Å². The first-order valence-electron chi connectivity index (χ1n) is 7.38. The van der Waals surface area contributed by atoms with E-state index in [0.717, 1.165) is 5.56 Å². The Morgan fingerprint density at radius 3 is 1.45 bits per heavy atom. The van der Waals surface area contributed by atoms with Crippen LogP contribution < -0.4 is 0 Å². The fourth-order valence-corrected chi connectivity index (χ4v) is 4.49. The van der Waals surface area contributed by atoms with E-state index < -0.39 is 6.10 Å². The van der Waals surface area contributed by atoms with E-state index in [0.29, 0.717) is 0 Å². The normalized spacial score (nSPS) is 12.3. The van der Waals surface area contributed by atoms with Crippen LogP contribution in [0.5, 0.6) is 0 Å². The number of hydrogen-bond donors (Lipinski definition) is 1. The molecule has 1 nitrogen and oxygen atoms in total. The molecule has 0 saturated carbocycles. The third kappa shape index (κ3) is 3.24. The monoisotopic (exact) mass is 307 g/mol. The van der Waals surface area contributed by atoms with Crippen molar-refractivity contribution in [1.82, 2.24) is 0 Å². The van der Waals surface area contributed by atoms with Crippen LogP contribution in [0.1, 0.15) is 18.6 Å². The van der Waals surface area contributed by atoms with Crippen LogP contribution in [0, 0.1) is 0 Å². The van der Waals surface area contributed by atoms with E-state index >= 15 is 0 Å². The van der Waals surface area contributed by atoms with E-state index in [9.17, 15) is 5.11 Å². The molecule has 0 spiro atoms. The highest BCUT2D eigenvalue weighted by atomic mass is 32.2. The lowest BCUT2D eigenvalue weighted by Crippen LogP contribution is -2.05. The van der Waals surface area contributed by atoms with Gasteiger partial charge in [-0.15, -0.1) is 0 Å². The van der Waals surface area contributed by atoms with Crippen molar-refractivity contribution >= 4 is 10.9 Å². The third-order valence-electron chi connectivity index (χ3n) is 3.56. The van der Waals surface area contributed by atoms with Gasteiger partial charge in [0.2, 0.25) is 0 Å². The van der Waals surface area contributed by atoms with Gasteiger partial charge in [0, 0.05) is 0 Å². The van der Waals surface area contributed by atoms with Gasteiger partial charge >= 0.3 is 0 Å². The van der Waals surface area contributed by atoms with Crippen molar-refractivity contribution in [2.24, 2.45) is 0 Å².